The Morgan fingerprint density at radius 3 is 0.726 bits per heavy atom. The van der Waals surface area contributed by atoms with Crippen molar-refractivity contribution >= 4 is 55.5 Å². The van der Waals surface area contributed by atoms with Gasteiger partial charge in [-0.2, -0.15) is 0 Å². The van der Waals surface area contributed by atoms with E-state index in [-0.39, 0.29) is 0 Å². The summed E-state index contributed by atoms with van der Waals surface area (Å²) in [7, 11) is 13.6. The van der Waals surface area contributed by atoms with Crippen LogP contribution in [0.4, 0.5) is 11.4 Å². The molecular formula is C84H83N3O8. The van der Waals surface area contributed by atoms with Crippen molar-refractivity contribution in [2.45, 2.75) is 46.1 Å². The van der Waals surface area contributed by atoms with Gasteiger partial charge in [0, 0.05) is 86.8 Å². The lowest BCUT2D eigenvalue weighted by molar-refractivity contribution is 0.401. The first-order chi connectivity index (χ1) is 46.6. The van der Waals surface area contributed by atoms with Crippen molar-refractivity contribution in [3.63, 3.8) is 0 Å². The zero-order chi connectivity index (χ0) is 66.2. The Bertz CT molecular complexity index is 3760. The highest BCUT2D eigenvalue weighted by Gasteiger charge is 2.22. The molecule has 0 saturated heterocycles. The van der Waals surface area contributed by atoms with Gasteiger partial charge < -0.3 is 52.3 Å². The monoisotopic (exact) mass is 1260 g/mol. The van der Waals surface area contributed by atoms with E-state index in [1.165, 1.54) is 0 Å². The van der Waals surface area contributed by atoms with E-state index in [9.17, 15) is 0 Å². The maximum Gasteiger partial charge on any atom is 0.118 e. The van der Waals surface area contributed by atoms with Crippen molar-refractivity contribution in [2.24, 2.45) is 5.92 Å². The number of methoxy groups -OCH3 is 8. The van der Waals surface area contributed by atoms with Crippen LogP contribution >= 0.6 is 0 Å². The summed E-state index contributed by atoms with van der Waals surface area (Å²) in [6.07, 6.45) is 13.5. The summed E-state index contributed by atoms with van der Waals surface area (Å²) in [6, 6.07) is 79.9. The molecule has 1 heterocycles. The minimum absolute atomic E-state index is 0.457. The quantitative estimate of drug-likeness (QED) is 0.0473. The van der Waals surface area contributed by atoms with E-state index in [1.54, 1.807) is 56.9 Å². The van der Waals surface area contributed by atoms with Crippen molar-refractivity contribution < 1.29 is 37.9 Å². The van der Waals surface area contributed by atoms with Crippen molar-refractivity contribution in [3.05, 3.63) is 300 Å². The summed E-state index contributed by atoms with van der Waals surface area (Å²) in [6.45, 7) is 5.47. The first kappa shape index (κ1) is 65.5. The molecule has 1 atom stereocenters. The Labute approximate surface area is 559 Å². The van der Waals surface area contributed by atoms with Crippen molar-refractivity contribution in [1.29, 1.82) is 0 Å². The fourth-order valence-corrected chi connectivity index (χ4v) is 12.1. The van der Waals surface area contributed by atoms with Gasteiger partial charge in [-0.25, -0.2) is 0 Å². The number of unbranched alkanes of at least 4 members (excludes halogenated alkanes) is 1. The normalized spacial score (nSPS) is 11.2. The van der Waals surface area contributed by atoms with E-state index in [2.05, 4.69) is 186 Å². The van der Waals surface area contributed by atoms with Gasteiger partial charge in [0.2, 0.25) is 0 Å². The minimum Gasteiger partial charge on any atom is -0.497 e. The molecule has 0 N–H and O–H groups in total. The lowest BCUT2D eigenvalue weighted by atomic mass is 9.97. The zero-order valence-corrected chi connectivity index (χ0v) is 56.0. The van der Waals surface area contributed by atoms with Crippen LogP contribution < -0.4 is 47.7 Å². The average molecular weight is 1260 g/mol. The van der Waals surface area contributed by atoms with Crippen LogP contribution in [0.3, 0.4) is 0 Å². The Balaban J connectivity index is 1.22. The minimum atomic E-state index is 0.457. The van der Waals surface area contributed by atoms with Gasteiger partial charge >= 0.3 is 0 Å². The van der Waals surface area contributed by atoms with E-state index < -0.39 is 0 Å². The average Bonchev–Trinajstić information content (AvgIpc) is 1.60. The van der Waals surface area contributed by atoms with E-state index in [0.717, 1.165) is 178 Å². The molecule has 1 unspecified atom stereocenters. The molecular weight excluding hydrogens is 1180 g/mol. The second-order valence-electron chi connectivity index (χ2n) is 23.2. The maximum absolute atomic E-state index is 5.72. The van der Waals surface area contributed by atoms with Gasteiger partial charge in [-0.15, -0.1) is 0 Å². The van der Waals surface area contributed by atoms with Gasteiger partial charge in [-0.1, -0.05) is 130 Å². The number of ether oxygens (including phenoxy) is 8. The highest BCUT2D eigenvalue weighted by molar-refractivity contribution is 6.11. The standard InChI is InChI=1S/C84H83N3O8/c1-11-13-14-58(12-2)53-87-83-49-31-67(85(54-79(59-15-33-69(88-3)34-16-59)60-17-35-70(89-4)36-18-60)55-80(61-19-37-71(90-5)38-20-61)62-21-39-72(91-6)40-22-62)51-77(83)78-52-68(32-50-84(78)87)86(56-81(63-23-41-73(92-7)42-24-63)64-25-43-74(93-8)44-26-64)57-82(65-27-45-75(94-9)46-28-65)66-29-47-76(95-10)48-30-66/h15-52,54-58H,11-14,53H2,1-10H3. The molecule has 0 radical (unpaired) electrons. The predicted molar refractivity (Wildman–Crippen MR) is 390 cm³/mol. The number of aromatic nitrogens is 1. The fraction of sp³-hybridized carbons (Fsp3) is 0.190. The molecule has 11 heteroatoms. The third-order valence-corrected chi connectivity index (χ3v) is 17.7. The molecule has 0 aliphatic heterocycles. The van der Waals surface area contributed by atoms with Gasteiger partial charge in [-0.3, -0.25) is 0 Å². The molecule has 0 aliphatic carbocycles. The Hall–Kier alpha value is -11.0. The molecule has 0 aliphatic rings. The van der Waals surface area contributed by atoms with Gasteiger partial charge in [0.05, 0.1) is 56.9 Å². The van der Waals surface area contributed by atoms with Crippen LogP contribution in [0.2, 0.25) is 0 Å². The topological polar surface area (TPSA) is 85.3 Å². The summed E-state index contributed by atoms with van der Waals surface area (Å²) in [5.41, 5.74) is 16.1. The highest BCUT2D eigenvalue weighted by atomic mass is 16.5. The largest absolute Gasteiger partial charge is 0.497 e. The van der Waals surface area contributed by atoms with Crippen LogP contribution in [0.25, 0.3) is 44.1 Å². The van der Waals surface area contributed by atoms with Gasteiger partial charge in [0.1, 0.15) is 46.0 Å². The van der Waals surface area contributed by atoms with Gasteiger partial charge in [0.15, 0.2) is 0 Å². The van der Waals surface area contributed by atoms with Gasteiger partial charge in [0.25, 0.3) is 0 Å². The first-order valence-electron chi connectivity index (χ1n) is 32.2. The molecule has 0 fully saturated rings. The van der Waals surface area contributed by atoms with Crippen molar-refractivity contribution in [1.82, 2.24) is 4.57 Å². The lowest BCUT2D eigenvalue weighted by Crippen LogP contribution is -2.12. The van der Waals surface area contributed by atoms with Crippen LogP contribution in [0.5, 0.6) is 46.0 Å². The van der Waals surface area contributed by atoms with Crippen LogP contribution in [-0.2, 0) is 6.54 Å². The number of rotatable bonds is 28. The molecule has 0 saturated carbocycles. The summed E-state index contributed by atoms with van der Waals surface area (Å²) in [5.74, 6) is 6.58. The van der Waals surface area contributed by atoms with Crippen molar-refractivity contribution in [2.75, 3.05) is 66.7 Å². The van der Waals surface area contributed by atoms with Gasteiger partial charge in [-0.05, 0) is 190 Å². The Morgan fingerprint density at radius 1 is 0.316 bits per heavy atom. The highest BCUT2D eigenvalue weighted by Crippen LogP contribution is 2.41. The number of fused-ring (bicyclic) bond motifs is 3. The van der Waals surface area contributed by atoms with E-state index in [4.69, 9.17) is 37.9 Å². The molecule has 11 nitrogen and oxygen atoms in total. The van der Waals surface area contributed by atoms with E-state index in [1.807, 2.05) is 97.1 Å². The van der Waals surface area contributed by atoms with Crippen LogP contribution in [0.1, 0.15) is 84.0 Å². The molecule has 0 spiro atoms. The number of hydrogen-bond acceptors (Lipinski definition) is 10. The summed E-state index contributed by atoms with van der Waals surface area (Å²) in [5, 5.41) is 2.21. The molecule has 95 heavy (non-hydrogen) atoms. The fourth-order valence-electron chi connectivity index (χ4n) is 12.1. The Kier molecular flexibility index (Phi) is 21.4. The molecule has 11 aromatic rings. The molecule has 10 aromatic carbocycles. The summed E-state index contributed by atoms with van der Waals surface area (Å²) >= 11 is 0. The second kappa shape index (κ2) is 31.1. The van der Waals surface area contributed by atoms with Crippen LogP contribution in [-0.4, -0.2) is 61.4 Å². The molecule has 11 rings (SSSR count). The zero-order valence-electron chi connectivity index (χ0n) is 56.0. The van der Waals surface area contributed by atoms with Crippen molar-refractivity contribution in [3.8, 4) is 46.0 Å². The number of anilines is 2. The summed E-state index contributed by atoms with van der Waals surface area (Å²) < 4.78 is 48.3. The number of benzene rings is 10. The Morgan fingerprint density at radius 2 is 0.537 bits per heavy atom. The third kappa shape index (κ3) is 15.2. The van der Waals surface area contributed by atoms with E-state index in [0.29, 0.717) is 5.92 Å². The SMILES string of the molecule is CCCCC(CC)Cn1c2ccc(N(C=C(c3ccc(OC)cc3)c3ccc(OC)cc3)C=C(c3ccc(OC)cc3)c3ccc(OC)cc3)cc2c2cc(N(C=C(c3ccc(OC)cc3)c3ccc(OC)cc3)C=C(c3ccc(OC)cc3)c3ccc(OC)cc3)ccc21. The third-order valence-electron chi connectivity index (χ3n) is 17.7. The molecule has 0 bridgehead atoms. The molecule has 482 valence electrons. The van der Waals surface area contributed by atoms with E-state index >= 15 is 0 Å². The maximum atomic E-state index is 5.72. The summed E-state index contributed by atoms with van der Waals surface area (Å²) in [4.78, 5) is 4.56. The van der Waals surface area contributed by atoms with Crippen LogP contribution in [0, 0.1) is 5.92 Å². The smallest absolute Gasteiger partial charge is 0.118 e. The second-order valence-corrected chi connectivity index (χ2v) is 23.2. The first-order valence-corrected chi connectivity index (χ1v) is 32.2. The molecule has 1 aromatic heterocycles. The predicted octanol–water partition coefficient (Wildman–Crippen LogP) is 20.1. The molecule has 0 amide bonds. The van der Waals surface area contributed by atoms with Crippen LogP contribution in [0.15, 0.2) is 255 Å². The number of nitrogens with zero attached hydrogens (tertiary/aromatic N) is 3. The lowest BCUT2D eigenvalue weighted by Gasteiger charge is -2.23. The number of hydrogen-bond donors (Lipinski definition) is 0.